The Bertz CT molecular complexity index is 1230. The standard InChI is InChI=1S/C27H30N6O/c1-2-18-17-24(29)23-10-11-30-25(19-4-3-5-20(28)16-19)26(23)32-27(18)31-21-6-8-22(9-7-21)33-12-14-34-15-13-33/h3-11,16,29,31-32H,2,12-15,17,28H2,1H3. The summed E-state index contributed by atoms with van der Waals surface area (Å²) in [6.07, 6.45) is 3.17. The average molecular weight is 455 g/mol. The van der Waals surface area contributed by atoms with Crippen molar-refractivity contribution in [3.8, 4) is 11.3 Å². The Morgan fingerprint density at radius 3 is 2.65 bits per heavy atom. The number of rotatable bonds is 5. The van der Waals surface area contributed by atoms with E-state index in [1.165, 1.54) is 5.69 Å². The highest BCUT2D eigenvalue weighted by atomic mass is 16.5. The molecule has 1 saturated heterocycles. The predicted octanol–water partition coefficient (Wildman–Crippen LogP) is 5.08. The molecule has 2 aliphatic heterocycles. The molecule has 7 nitrogen and oxygen atoms in total. The second-order valence-electron chi connectivity index (χ2n) is 8.59. The highest BCUT2D eigenvalue weighted by Crippen LogP contribution is 2.35. The molecule has 0 spiro atoms. The van der Waals surface area contributed by atoms with Gasteiger partial charge < -0.3 is 31.4 Å². The molecule has 34 heavy (non-hydrogen) atoms. The second kappa shape index (κ2) is 9.57. The zero-order chi connectivity index (χ0) is 23.5. The molecule has 0 radical (unpaired) electrons. The van der Waals surface area contributed by atoms with E-state index in [1.54, 1.807) is 6.20 Å². The fraction of sp³-hybridized carbons (Fsp3) is 0.259. The molecule has 0 amide bonds. The van der Waals surface area contributed by atoms with Crippen molar-refractivity contribution in [1.82, 2.24) is 4.98 Å². The van der Waals surface area contributed by atoms with Gasteiger partial charge in [0.1, 0.15) is 5.82 Å². The van der Waals surface area contributed by atoms with E-state index in [2.05, 4.69) is 51.7 Å². The molecule has 1 aromatic heterocycles. The zero-order valence-electron chi connectivity index (χ0n) is 19.4. The normalized spacial score (nSPS) is 16.0. The molecule has 0 unspecified atom stereocenters. The summed E-state index contributed by atoms with van der Waals surface area (Å²) < 4.78 is 5.47. The quantitative estimate of drug-likeness (QED) is 0.401. The molecular weight excluding hydrogens is 424 g/mol. The number of aromatic nitrogens is 1. The summed E-state index contributed by atoms with van der Waals surface area (Å²) in [6, 6.07) is 18.1. The molecule has 5 rings (SSSR count). The lowest BCUT2D eigenvalue weighted by atomic mass is 9.99. The van der Waals surface area contributed by atoms with Gasteiger partial charge in [0.15, 0.2) is 0 Å². The fourth-order valence-electron chi connectivity index (χ4n) is 4.50. The van der Waals surface area contributed by atoms with Crippen LogP contribution in [0.1, 0.15) is 25.3 Å². The number of benzene rings is 2. The first-order valence-corrected chi connectivity index (χ1v) is 11.7. The number of hydrogen-bond acceptors (Lipinski definition) is 7. The van der Waals surface area contributed by atoms with Gasteiger partial charge in [-0.1, -0.05) is 19.1 Å². The van der Waals surface area contributed by atoms with Gasteiger partial charge in [0.2, 0.25) is 0 Å². The highest BCUT2D eigenvalue weighted by molar-refractivity contribution is 6.08. The number of nitrogens with one attached hydrogen (secondary N) is 3. The van der Waals surface area contributed by atoms with Gasteiger partial charge in [0.25, 0.3) is 0 Å². The third-order valence-electron chi connectivity index (χ3n) is 6.37. The molecule has 3 heterocycles. The SMILES string of the molecule is CCC1=C(Nc2ccc(N3CCOCC3)cc2)Nc2c(ccnc2-c2cccc(N)c2)C(=N)C1. The number of fused-ring (bicyclic) bond motifs is 1. The Kier molecular flexibility index (Phi) is 6.18. The number of anilines is 4. The van der Waals surface area contributed by atoms with Crippen LogP contribution in [0.5, 0.6) is 0 Å². The lowest BCUT2D eigenvalue weighted by molar-refractivity contribution is 0.122. The van der Waals surface area contributed by atoms with Crippen molar-refractivity contribution in [1.29, 1.82) is 5.41 Å². The molecule has 0 aliphatic carbocycles. The maximum Gasteiger partial charge on any atom is 0.107 e. The van der Waals surface area contributed by atoms with Gasteiger partial charge in [0, 0.05) is 59.6 Å². The molecule has 2 aliphatic rings. The van der Waals surface area contributed by atoms with Crippen LogP contribution in [0.2, 0.25) is 0 Å². The third-order valence-corrected chi connectivity index (χ3v) is 6.37. The van der Waals surface area contributed by atoms with E-state index in [-0.39, 0.29) is 0 Å². The van der Waals surface area contributed by atoms with Gasteiger partial charge in [-0.05, 0) is 54.5 Å². The molecule has 0 saturated carbocycles. The smallest absolute Gasteiger partial charge is 0.107 e. The van der Waals surface area contributed by atoms with Crippen molar-refractivity contribution in [2.24, 2.45) is 0 Å². The van der Waals surface area contributed by atoms with E-state index in [0.29, 0.717) is 17.8 Å². The molecule has 2 aromatic carbocycles. The van der Waals surface area contributed by atoms with E-state index >= 15 is 0 Å². The van der Waals surface area contributed by atoms with Gasteiger partial charge in [0.05, 0.1) is 24.6 Å². The van der Waals surface area contributed by atoms with Crippen LogP contribution in [-0.2, 0) is 4.74 Å². The molecule has 0 bridgehead atoms. The maximum atomic E-state index is 8.79. The van der Waals surface area contributed by atoms with Crippen LogP contribution in [0.25, 0.3) is 11.3 Å². The predicted molar refractivity (Wildman–Crippen MR) is 140 cm³/mol. The third kappa shape index (κ3) is 4.47. The van der Waals surface area contributed by atoms with Crippen molar-refractivity contribution in [2.45, 2.75) is 19.8 Å². The number of ether oxygens (including phenoxy) is 1. The van der Waals surface area contributed by atoms with Gasteiger partial charge in [-0.15, -0.1) is 0 Å². The first-order valence-electron chi connectivity index (χ1n) is 11.7. The van der Waals surface area contributed by atoms with Crippen LogP contribution in [-0.4, -0.2) is 37.0 Å². The zero-order valence-corrected chi connectivity index (χ0v) is 19.4. The largest absolute Gasteiger partial charge is 0.399 e. The van der Waals surface area contributed by atoms with Crippen LogP contribution in [0, 0.1) is 5.41 Å². The molecule has 0 atom stereocenters. The lowest BCUT2D eigenvalue weighted by Crippen LogP contribution is -2.36. The molecule has 3 aromatic rings. The summed E-state index contributed by atoms with van der Waals surface area (Å²) in [5.74, 6) is 0.906. The minimum atomic E-state index is 0.574. The molecular formula is C27H30N6O. The molecule has 1 fully saturated rings. The number of morpholine rings is 1. The van der Waals surface area contributed by atoms with Crippen molar-refractivity contribution >= 4 is 28.5 Å². The second-order valence-corrected chi connectivity index (χ2v) is 8.59. The number of hydrogen-bond donors (Lipinski definition) is 4. The van der Waals surface area contributed by atoms with Crippen molar-refractivity contribution in [3.05, 3.63) is 77.8 Å². The molecule has 7 heteroatoms. The van der Waals surface area contributed by atoms with Gasteiger partial charge >= 0.3 is 0 Å². The molecule has 5 N–H and O–H groups in total. The van der Waals surface area contributed by atoms with E-state index in [0.717, 1.165) is 72.3 Å². The van der Waals surface area contributed by atoms with Gasteiger partial charge in [-0.2, -0.15) is 0 Å². The van der Waals surface area contributed by atoms with Gasteiger partial charge in [-0.3, -0.25) is 4.98 Å². The Morgan fingerprint density at radius 2 is 1.91 bits per heavy atom. The Morgan fingerprint density at radius 1 is 1.12 bits per heavy atom. The minimum absolute atomic E-state index is 0.574. The highest BCUT2D eigenvalue weighted by Gasteiger charge is 2.22. The minimum Gasteiger partial charge on any atom is -0.399 e. The van der Waals surface area contributed by atoms with Crippen molar-refractivity contribution < 1.29 is 4.74 Å². The van der Waals surface area contributed by atoms with Gasteiger partial charge in [-0.25, -0.2) is 0 Å². The average Bonchev–Trinajstić information content (AvgIpc) is 3.01. The summed E-state index contributed by atoms with van der Waals surface area (Å²) in [5, 5.41) is 16.0. The molecule has 174 valence electrons. The summed E-state index contributed by atoms with van der Waals surface area (Å²) in [6.45, 7) is 5.49. The monoisotopic (exact) mass is 454 g/mol. The van der Waals surface area contributed by atoms with Crippen LogP contribution >= 0.6 is 0 Å². The summed E-state index contributed by atoms with van der Waals surface area (Å²) in [4.78, 5) is 7.00. The number of pyridine rings is 1. The summed E-state index contributed by atoms with van der Waals surface area (Å²) >= 11 is 0. The van der Waals surface area contributed by atoms with Crippen molar-refractivity contribution in [3.63, 3.8) is 0 Å². The number of nitrogens with zero attached hydrogens (tertiary/aromatic N) is 2. The number of nitrogens with two attached hydrogens (primary N) is 1. The Labute approximate surface area is 200 Å². The van der Waals surface area contributed by atoms with Crippen molar-refractivity contribution in [2.75, 3.05) is 47.6 Å². The summed E-state index contributed by atoms with van der Waals surface area (Å²) in [7, 11) is 0. The van der Waals surface area contributed by atoms with Crippen LogP contribution in [0.4, 0.5) is 22.7 Å². The van der Waals surface area contributed by atoms with E-state index < -0.39 is 0 Å². The maximum absolute atomic E-state index is 8.79. The van der Waals surface area contributed by atoms with Crippen LogP contribution in [0.15, 0.2) is 72.2 Å². The fourth-order valence-corrected chi connectivity index (χ4v) is 4.50. The first-order chi connectivity index (χ1) is 16.6. The lowest BCUT2D eigenvalue weighted by Gasteiger charge is -2.29. The van der Waals surface area contributed by atoms with Crippen LogP contribution in [0.3, 0.4) is 0 Å². The Balaban J connectivity index is 1.47. The first kappa shape index (κ1) is 22.0. The summed E-state index contributed by atoms with van der Waals surface area (Å²) in [5.41, 5.74) is 14.0. The van der Waals surface area contributed by atoms with E-state index in [4.69, 9.17) is 15.9 Å². The van der Waals surface area contributed by atoms with E-state index in [9.17, 15) is 0 Å². The van der Waals surface area contributed by atoms with E-state index in [1.807, 2.05) is 30.3 Å². The van der Waals surface area contributed by atoms with Crippen LogP contribution < -0.4 is 21.3 Å². The topological polar surface area (TPSA) is 99.3 Å². The number of nitrogen functional groups attached to an aromatic ring is 1. The Hall–Kier alpha value is -3.84. The number of allylic oxidation sites excluding steroid dienone is 1.